The van der Waals surface area contributed by atoms with E-state index in [4.69, 9.17) is 4.74 Å². The normalized spacial score (nSPS) is 39.0. The van der Waals surface area contributed by atoms with Gasteiger partial charge >= 0.3 is 0 Å². The first-order chi connectivity index (χ1) is 4.33. The average molecular weight is 129 g/mol. The van der Waals surface area contributed by atoms with E-state index < -0.39 is 0 Å². The molecule has 0 aromatic carbocycles. The van der Waals surface area contributed by atoms with Crippen LogP contribution in [0.1, 0.15) is 6.42 Å². The van der Waals surface area contributed by atoms with Gasteiger partial charge in [0.15, 0.2) is 0 Å². The zero-order valence-corrected chi connectivity index (χ0v) is 5.26. The van der Waals surface area contributed by atoms with E-state index in [0.29, 0.717) is 0 Å². The van der Waals surface area contributed by atoms with Gasteiger partial charge < -0.3 is 15.2 Å². The van der Waals surface area contributed by atoms with Crippen LogP contribution in [-0.2, 0) is 4.74 Å². The lowest BCUT2D eigenvalue weighted by Gasteiger charge is -2.40. The van der Waals surface area contributed by atoms with E-state index in [0.717, 1.165) is 26.1 Å². The van der Waals surface area contributed by atoms with Crippen LogP contribution in [0.15, 0.2) is 0 Å². The predicted octanol–water partition coefficient (Wildman–Crippen LogP) is -0.890. The fourth-order valence-corrected chi connectivity index (χ4v) is 1.44. The number of aliphatic hydroxyl groups is 1. The van der Waals surface area contributed by atoms with Crippen LogP contribution in [0.3, 0.4) is 0 Å². The summed E-state index contributed by atoms with van der Waals surface area (Å²) >= 11 is 0. The first-order valence-electron chi connectivity index (χ1n) is 3.36. The second kappa shape index (κ2) is 1.68. The van der Waals surface area contributed by atoms with Gasteiger partial charge in [0, 0.05) is 13.1 Å². The smallest absolute Gasteiger partial charge is 0.119 e. The number of rotatable bonds is 0. The molecular weight excluding hydrogens is 118 g/mol. The number of aliphatic hydroxyl groups excluding tert-OH is 1. The summed E-state index contributed by atoms with van der Waals surface area (Å²) in [7, 11) is 0. The van der Waals surface area contributed by atoms with E-state index in [9.17, 15) is 5.11 Å². The topological polar surface area (TPSA) is 41.5 Å². The van der Waals surface area contributed by atoms with Gasteiger partial charge in [-0.05, 0) is 6.42 Å². The van der Waals surface area contributed by atoms with Crippen molar-refractivity contribution < 1.29 is 9.84 Å². The Morgan fingerprint density at radius 3 is 2.56 bits per heavy atom. The second-order valence-corrected chi connectivity index (χ2v) is 2.82. The summed E-state index contributed by atoms with van der Waals surface area (Å²) < 4.78 is 5.38. The monoisotopic (exact) mass is 129 g/mol. The zero-order chi connectivity index (χ0) is 6.32. The van der Waals surface area contributed by atoms with Gasteiger partial charge in [-0.3, -0.25) is 0 Å². The minimum atomic E-state index is -0.223. The van der Waals surface area contributed by atoms with E-state index >= 15 is 0 Å². The maximum absolute atomic E-state index is 9.33. The van der Waals surface area contributed by atoms with Gasteiger partial charge in [-0.25, -0.2) is 0 Å². The molecule has 2 N–H and O–H groups in total. The lowest BCUT2D eigenvalue weighted by atomic mass is 9.91. The maximum atomic E-state index is 9.33. The lowest BCUT2D eigenvalue weighted by Crippen LogP contribution is -2.64. The molecule has 3 heteroatoms. The highest BCUT2D eigenvalue weighted by Gasteiger charge is 2.48. The Morgan fingerprint density at radius 2 is 2.33 bits per heavy atom. The predicted molar refractivity (Wildman–Crippen MR) is 32.2 cm³/mol. The van der Waals surface area contributed by atoms with Crippen LogP contribution in [0.2, 0.25) is 0 Å². The van der Waals surface area contributed by atoms with Gasteiger partial charge in [-0.15, -0.1) is 0 Å². The molecule has 0 amide bonds. The van der Waals surface area contributed by atoms with Crippen LogP contribution < -0.4 is 5.32 Å². The second-order valence-electron chi connectivity index (χ2n) is 2.82. The summed E-state index contributed by atoms with van der Waals surface area (Å²) in [5.41, 5.74) is -0.181. The van der Waals surface area contributed by atoms with Crippen molar-refractivity contribution in [1.29, 1.82) is 0 Å². The first-order valence-corrected chi connectivity index (χ1v) is 3.36. The third-order valence-corrected chi connectivity index (χ3v) is 2.24. The highest BCUT2D eigenvalue weighted by Crippen LogP contribution is 2.29. The number of ether oxygens (including phenoxy) is 1. The quantitative estimate of drug-likeness (QED) is 0.446. The van der Waals surface area contributed by atoms with Crippen LogP contribution >= 0.6 is 0 Å². The summed E-state index contributed by atoms with van der Waals surface area (Å²) in [5, 5.41) is 12.4. The highest BCUT2D eigenvalue weighted by molar-refractivity contribution is 5.03. The Balaban J connectivity index is 2.09. The van der Waals surface area contributed by atoms with Crippen molar-refractivity contribution in [2.24, 2.45) is 0 Å². The van der Waals surface area contributed by atoms with Crippen LogP contribution in [0.4, 0.5) is 0 Å². The molecule has 1 unspecified atom stereocenters. The maximum Gasteiger partial charge on any atom is 0.119 e. The van der Waals surface area contributed by atoms with Crippen molar-refractivity contribution in [2.45, 2.75) is 18.1 Å². The fourth-order valence-electron chi connectivity index (χ4n) is 1.44. The molecule has 0 aliphatic carbocycles. The standard InChI is InChI=1S/C6H11NO2/c8-5-1-2-9-6(5)3-7-4-6/h5,7-8H,1-4H2. The summed E-state index contributed by atoms with van der Waals surface area (Å²) in [6.07, 6.45) is 0.584. The zero-order valence-electron chi connectivity index (χ0n) is 5.26. The van der Waals surface area contributed by atoms with Gasteiger partial charge in [-0.2, -0.15) is 0 Å². The summed E-state index contributed by atoms with van der Waals surface area (Å²) in [6.45, 7) is 2.38. The molecule has 2 rings (SSSR count). The van der Waals surface area contributed by atoms with E-state index in [2.05, 4.69) is 5.32 Å². The fraction of sp³-hybridized carbons (Fsp3) is 1.00. The molecule has 0 bridgehead atoms. The molecule has 2 aliphatic heterocycles. The Morgan fingerprint density at radius 1 is 1.56 bits per heavy atom. The largest absolute Gasteiger partial charge is 0.390 e. The van der Waals surface area contributed by atoms with E-state index in [1.165, 1.54) is 0 Å². The van der Waals surface area contributed by atoms with Gasteiger partial charge in [0.2, 0.25) is 0 Å². The molecule has 1 atom stereocenters. The molecule has 2 heterocycles. The summed E-state index contributed by atoms with van der Waals surface area (Å²) in [5.74, 6) is 0. The molecule has 0 radical (unpaired) electrons. The van der Waals surface area contributed by atoms with Crippen molar-refractivity contribution >= 4 is 0 Å². The minimum Gasteiger partial charge on any atom is -0.390 e. The lowest BCUT2D eigenvalue weighted by molar-refractivity contribution is -0.0911. The molecule has 2 aliphatic rings. The minimum absolute atomic E-state index is 0.181. The van der Waals surface area contributed by atoms with Gasteiger partial charge in [0.1, 0.15) is 5.60 Å². The molecule has 2 fully saturated rings. The first kappa shape index (κ1) is 5.65. The van der Waals surface area contributed by atoms with Gasteiger partial charge in [0.05, 0.1) is 12.7 Å². The van der Waals surface area contributed by atoms with Crippen LogP contribution in [-0.4, -0.2) is 36.5 Å². The van der Waals surface area contributed by atoms with Crippen molar-refractivity contribution in [2.75, 3.05) is 19.7 Å². The number of hydrogen-bond acceptors (Lipinski definition) is 3. The summed E-state index contributed by atoms with van der Waals surface area (Å²) in [4.78, 5) is 0. The third-order valence-electron chi connectivity index (χ3n) is 2.24. The number of hydrogen-bond donors (Lipinski definition) is 2. The Labute approximate surface area is 54.0 Å². The highest BCUT2D eigenvalue weighted by atomic mass is 16.5. The molecule has 0 aromatic heterocycles. The molecule has 1 spiro atoms. The molecule has 3 nitrogen and oxygen atoms in total. The van der Waals surface area contributed by atoms with Crippen LogP contribution in [0.25, 0.3) is 0 Å². The summed E-state index contributed by atoms with van der Waals surface area (Å²) in [6, 6.07) is 0. The van der Waals surface area contributed by atoms with Crippen molar-refractivity contribution in [1.82, 2.24) is 5.32 Å². The van der Waals surface area contributed by atoms with E-state index in [1.807, 2.05) is 0 Å². The molecule has 9 heavy (non-hydrogen) atoms. The van der Waals surface area contributed by atoms with E-state index in [-0.39, 0.29) is 11.7 Å². The molecule has 2 saturated heterocycles. The molecular formula is C6H11NO2. The Bertz CT molecular complexity index is 122. The van der Waals surface area contributed by atoms with Crippen molar-refractivity contribution in [3.05, 3.63) is 0 Å². The third kappa shape index (κ3) is 0.625. The Hall–Kier alpha value is -0.120. The van der Waals surface area contributed by atoms with E-state index in [1.54, 1.807) is 0 Å². The van der Waals surface area contributed by atoms with Gasteiger partial charge in [0.25, 0.3) is 0 Å². The average Bonchev–Trinajstić information content (AvgIpc) is 2.07. The molecule has 0 aromatic rings. The van der Waals surface area contributed by atoms with Gasteiger partial charge in [-0.1, -0.05) is 0 Å². The number of nitrogens with one attached hydrogen (secondary N) is 1. The Kier molecular flexibility index (Phi) is 1.06. The van der Waals surface area contributed by atoms with Crippen LogP contribution in [0, 0.1) is 0 Å². The molecule has 52 valence electrons. The molecule has 0 saturated carbocycles. The van der Waals surface area contributed by atoms with Crippen molar-refractivity contribution in [3.8, 4) is 0 Å². The SMILES string of the molecule is OC1CCOC12CNC2. The van der Waals surface area contributed by atoms with Crippen molar-refractivity contribution in [3.63, 3.8) is 0 Å². The van der Waals surface area contributed by atoms with Crippen LogP contribution in [0.5, 0.6) is 0 Å².